The van der Waals surface area contributed by atoms with Gasteiger partial charge in [-0.05, 0) is 34.8 Å². The molecule has 108 valence electrons. The molecule has 1 N–H and O–H groups in total. The van der Waals surface area contributed by atoms with Crippen LogP contribution in [0.1, 0.15) is 5.69 Å². The van der Waals surface area contributed by atoms with E-state index >= 15 is 0 Å². The zero-order valence-corrected chi connectivity index (χ0v) is 13.5. The summed E-state index contributed by atoms with van der Waals surface area (Å²) in [5.74, 6) is 0.857. The Morgan fingerprint density at radius 1 is 1.38 bits per heavy atom. The zero-order valence-electron chi connectivity index (χ0n) is 11.9. The van der Waals surface area contributed by atoms with Crippen LogP contribution in [0, 0.1) is 0 Å². The van der Waals surface area contributed by atoms with Crippen LogP contribution in [0.5, 0.6) is 0 Å². The van der Waals surface area contributed by atoms with Gasteiger partial charge in [-0.15, -0.1) is 0 Å². The maximum atomic E-state index is 4.65. The Hall–Kier alpha value is -2.21. The molecule has 0 amide bonds. The summed E-state index contributed by atoms with van der Waals surface area (Å²) in [6.45, 7) is 3.49. The topological polar surface area (TPSA) is 54.6 Å². The van der Waals surface area contributed by atoms with E-state index in [1.54, 1.807) is 19.5 Å². The number of para-hydroxylation sites is 1. The lowest BCUT2D eigenvalue weighted by molar-refractivity contribution is 0.879. The number of allylic oxidation sites excluding steroid dienone is 1. The van der Waals surface area contributed by atoms with E-state index in [1.807, 2.05) is 42.1 Å². The van der Waals surface area contributed by atoms with E-state index in [-0.39, 0.29) is 0 Å². The Morgan fingerprint density at radius 3 is 2.67 bits per heavy atom. The molecular formula is C15H16BrN5. The molecule has 21 heavy (non-hydrogen) atoms. The minimum atomic E-state index is 0.751. The van der Waals surface area contributed by atoms with Crippen molar-refractivity contribution in [3.05, 3.63) is 46.7 Å². The van der Waals surface area contributed by atoms with Gasteiger partial charge in [0, 0.05) is 32.1 Å². The minimum absolute atomic E-state index is 0.751. The lowest BCUT2D eigenvalue weighted by Crippen LogP contribution is -2.02. The number of aromatic nitrogens is 2. The van der Waals surface area contributed by atoms with E-state index in [2.05, 4.69) is 43.0 Å². The van der Waals surface area contributed by atoms with E-state index in [0.717, 1.165) is 27.2 Å². The largest absolute Gasteiger partial charge is 0.372 e. The first-order chi connectivity index (χ1) is 10.2. The van der Waals surface area contributed by atoms with Gasteiger partial charge in [0.1, 0.15) is 11.5 Å². The predicted molar refractivity (Wildman–Crippen MR) is 92.8 cm³/mol. The summed E-state index contributed by atoms with van der Waals surface area (Å²) < 4.78 is 2.68. The van der Waals surface area contributed by atoms with E-state index in [9.17, 15) is 0 Å². The second-order valence-corrected chi connectivity index (χ2v) is 4.96. The molecule has 0 aliphatic heterocycles. The first kappa shape index (κ1) is 15.2. The van der Waals surface area contributed by atoms with Crippen molar-refractivity contribution in [3.63, 3.8) is 0 Å². The van der Waals surface area contributed by atoms with Gasteiger partial charge in [-0.2, -0.15) is 5.10 Å². The molecule has 0 aliphatic carbocycles. The number of hydrogen-bond acceptors (Lipinski definition) is 4. The molecule has 2 aromatic rings. The van der Waals surface area contributed by atoms with Gasteiger partial charge in [0.05, 0.1) is 10.2 Å². The normalized spacial score (nSPS) is 11.9. The number of rotatable bonds is 5. The van der Waals surface area contributed by atoms with Crippen molar-refractivity contribution in [1.82, 2.24) is 9.78 Å². The van der Waals surface area contributed by atoms with Crippen molar-refractivity contribution >= 4 is 40.3 Å². The van der Waals surface area contributed by atoms with Gasteiger partial charge >= 0.3 is 0 Å². The molecule has 0 fully saturated rings. The van der Waals surface area contributed by atoms with Gasteiger partial charge in [0.15, 0.2) is 0 Å². The third-order valence-corrected chi connectivity index (χ3v) is 3.59. The van der Waals surface area contributed by atoms with Gasteiger partial charge < -0.3 is 5.32 Å². The molecule has 0 aliphatic rings. The average Bonchev–Trinajstić information content (AvgIpc) is 2.84. The number of nitrogens with zero attached hydrogens (tertiary/aromatic N) is 4. The second-order valence-electron chi connectivity index (χ2n) is 4.16. The van der Waals surface area contributed by atoms with E-state index in [4.69, 9.17) is 0 Å². The van der Waals surface area contributed by atoms with Crippen molar-refractivity contribution in [2.75, 3.05) is 19.4 Å². The van der Waals surface area contributed by atoms with Crippen LogP contribution in [0.3, 0.4) is 0 Å². The molecule has 0 radical (unpaired) electrons. The molecule has 1 aromatic carbocycles. The summed E-state index contributed by atoms with van der Waals surface area (Å²) in [7, 11) is 3.56. The molecular weight excluding hydrogens is 330 g/mol. The summed E-state index contributed by atoms with van der Waals surface area (Å²) in [5, 5.41) is 7.81. The molecule has 0 bridgehead atoms. The van der Waals surface area contributed by atoms with Crippen LogP contribution in [0.25, 0.3) is 11.3 Å². The molecule has 6 heteroatoms. The Morgan fingerprint density at radius 2 is 2.10 bits per heavy atom. The van der Waals surface area contributed by atoms with Crippen LogP contribution in [-0.2, 0) is 0 Å². The second kappa shape index (κ2) is 6.99. The summed E-state index contributed by atoms with van der Waals surface area (Å²) in [4.78, 5) is 7.85. The third-order valence-electron chi connectivity index (χ3n) is 2.84. The van der Waals surface area contributed by atoms with Crippen LogP contribution < -0.4 is 5.32 Å². The fraction of sp³-hybridized carbons (Fsp3) is 0.133. The summed E-state index contributed by atoms with van der Waals surface area (Å²) in [6.07, 6.45) is 3.34. The molecule has 1 aromatic heterocycles. The van der Waals surface area contributed by atoms with Gasteiger partial charge in [-0.25, -0.2) is 4.68 Å². The molecule has 0 atom stereocenters. The van der Waals surface area contributed by atoms with Crippen molar-refractivity contribution in [3.8, 4) is 5.69 Å². The maximum absolute atomic E-state index is 4.65. The standard InChI is InChI=1S/C15H16BrN5/c1-17-9-11(10-18-2)14-13(16)15(19-3)21(20-14)12-7-5-4-6-8-12/h4-10,19H,1H2,2-3H3/b11-9+,18-10?. The predicted octanol–water partition coefficient (Wildman–Crippen LogP) is 3.42. The number of halogens is 1. The number of benzene rings is 1. The summed E-state index contributed by atoms with van der Waals surface area (Å²) in [5.41, 5.74) is 2.50. The first-order valence-electron chi connectivity index (χ1n) is 6.33. The fourth-order valence-electron chi connectivity index (χ4n) is 1.95. The Kier molecular flexibility index (Phi) is 5.05. The van der Waals surface area contributed by atoms with Gasteiger partial charge in [-0.3, -0.25) is 9.98 Å². The maximum Gasteiger partial charge on any atom is 0.144 e. The number of anilines is 1. The van der Waals surface area contributed by atoms with Crippen LogP contribution in [0.4, 0.5) is 5.82 Å². The molecule has 0 saturated carbocycles. The molecule has 1 heterocycles. The van der Waals surface area contributed by atoms with Crippen molar-refractivity contribution in [1.29, 1.82) is 0 Å². The number of aliphatic imine (C=N–C) groups is 2. The lowest BCUT2D eigenvalue weighted by Gasteiger charge is -2.06. The van der Waals surface area contributed by atoms with Crippen LogP contribution in [-0.4, -0.2) is 36.8 Å². The molecule has 0 unspecified atom stereocenters. The monoisotopic (exact) mass is 345 g/mol. The highest BCUT2D eigenvalue weighted by Crippen LogP contribution is 2.32. The molecule has 5 nitrogen and oxygen atoms in total. The summed E-state index contributed by atoms with van der Waals surface area (Å²) in [6, 6.07) is 9.90. The van der Waals surface area contributed by atoms with Gasteiger partial charge in [0.2, 0.25) is 0 Å². The Balaban J connectivity index is 2.63. The van der Waals surface area contributed by atoms with Crippen molar-refractivity contribution < 1.29 is 0 Å². The fourth-order valence-corrected chi connectivity index (χ4v) is 2.62. The van der Waals surface area contributed by atoms with E-state index < -0.39 is 0 Å². The van der Waals surface area contributed by atoms with Gasteiger partial charge in [0.25, 0.3) is 0 Å². The van der Waals surface area contributed by atoms with Crippen LogP contribution in [0.15, 0.2) is 51.0 Å². The van der Waals surface area contributed by atoms with Crippen LogP contribution >= 0.6 is 15.9 Å². The highest BCUT2D eigenvalue weighted by molar-refractivity contribution is 9.10. The first-order valence-corrected chi connectivity index (χ1v) is 7.12. The van der Waals surface area contributed by atoms with E-state index in [0.29, 0.717) is 0 Å². The Bertz CT molecular complexity index is 686. The highest BCUT2D eigenvalue weighted by atomic mass is 79.9. The quantitative estimate of drug-likeness (QED) is 0.844. The third kappa shape index (κ3) is 3.11. The highest BCUT2D eigenvalue weighted by Gasteiger charge is 2.18. The smallest absolute Gasteiger partial charge is 0.144 e. The average molecular weight is 346 g/mol. The lowest BCUT2D eigenvalue weighted by atomic mass is 10.2. The molecule has 0 spiro atoms. The van der Waals surface area contributed by atoms with Crippen LogP contribution in [0.2, 0.25) is 0 Å². The number of nitrogens with one attached hydrogen (secondary N) is 1. The Labute approximate surface area is 132 Å². The van der Waals surface area contributed by atoms with Gasteiger partial charge in [-0.1, -0.05) is 18.2 Å². The molecule has 0 saturated heterocycles. The number of hydrogen-bond donors (Lipinski definition) is 1. The van der Waals surface area contributed by atoms with Crippen molar-refractivity contribution in [2.24, 2.45) is 9.98 Å². The van der Waals surface area contributed by atoms with Crippen molar-refractivity contribution in [2.45, 2.75) is 0 Å². The molecule has 2 rings (SSSR count). The zero-order chi connectivity index (χ0) is 15.2. The summed E-state index contributed by atoms with van der Waals surface area (Å²) >= 11 is 3.59. The SMILES string of the molecule is C=N/C=C(\C=NC)c1nn(-c2ccccc2)c(NC)c1Br. The van der Waals surface area contributed by atoms with E-state index in [1.165, 1.54) is 0 Å². The minimum Gasteiger partial charge on any atom is -0.372 e.